The Balaban J connectivity index is 2.31. The summed E-state index contributed by atoms with van der Waals surface area (Å²) in [7, 11) is 0. The average Bonchev–Trinajstić information content (AvgIpc) is 2.15. The van der Waals surface area contributed by atoms with E-state index in [4.69, 9.17) is 16.3 Å². The highest BCUT2D eigenvalue weighted by atomic mass is 35.5. The average molecular weight is 261 g/mol. The van der Waals surface area contributed by atoms with E-state index in [2.05, 4.69) is 0 Å². The molecule has 0 unspecified atom stereocenters. The highest BCUT2D eigenvalue weighted by molar-refractivity contribution is 6.63. The van der Waals surface area contributed by atoms with Crippen molar-refractivity contribution in [1.82, 2.24) is 0 Å². The van der Waals surface area contributed by atoms with E-state index in [-0.39, 0.29) is 17.1 Å². The number of carbonyl (C=O) groups excluding carboxylic acids is 2. The Bertz CT molecular complexity index is 286. The fourth-order valence-electron chi connectivity index (χ4n) is 2.21. The lowest BCUT2D eigenvalue weighted by Crippen LogP contribution is -2.27. The summed E-state index contributed by atoms with van der Waals surface area (Å²) in [5, 5.41) is -0.235. The lowest BCUT2D eigenvalue weighted by Gasteiger charge is -2.27. The van der Waals surface area contributed by atoms with Crippen LogP contribution in [0, 0.1) is 11.8 Å². The van der Waals surface area contributed by atoms with Gasteiger partial charge in [-0.05, 0) is 64.0 Å². The Morgan fingerprint density at radius 3 is 2.12 bits per heavy atom. The maximum Gasteiger partial charge on any atom is 0.306 e. The molecule has 0 aromatic carbocycles. The summed E-state index contributed by atoms with van der Waals surface area (Å²) in [6.07, 6.45) is 3.84. The van der Waals surface area contributed by atoms with Crippen molar-refractivity contribution in [2.75, 3.05) is 0 Å². The Hall–Kier alpha value is -0.570. The van der Waals surface area contributed by atoms with Crippen LogP contribution in [-0.2, 0) is 14.3 Å². The van der Waals surface area contributed by atoms with Crippen LogP contribution in [0.2, 0.25) is 0 Å². The van der Waals surface area contributed by atoms with Gasteiger partial charge in [0.1, 0.15) is 5.60 Å². The van der Waals surface area contributed by atoms with Crippen LogP contribution < -0.4 is 0 Å². The number of halogens is 1. The summed E-state index contributed by atoms with van der Waals surface area (Å²) in [6.45, 7) is 5.61. The minimum Gasteiger partial charge on any atom is -0.460 e. The molecule has 3 nitrogen and oxygen atoms in total. The first kappa shape index (κ1) is 14.5. The molecular formula is C13H21ClO3. The van der Waals surface area contributed by atoms with E-state index in [1.807, 2.05) is 20.8 Å². The van der Waals surface area contributed by atoms with Crippen LogP contribution in [0.15, 0.2) is 0 Å². The predicted octanol–water partition coefficient (Wildman–Crippen LogP) is 3.29. The summed E-state index contributed by atoms with van der Waals surface area (Å²) >= 11 is 5.47. The van der Waals surface area contributed by atoms with Crippen molar-refractivity contribution in [3.05, 3.63) is 0 Å². The second-order valence-electron chi connectivity index (χ2n) is 5.81. The van der Waals surface area contributed by atoms with Crippen LogP contribution >= 0.6 is 11.6 Å². The van der Waals surface area contributed by atoms with Gasteiger partial charge in [0, 0.05) is 12.3 Å². The quantitative estimate of drug-likeness (QED) is 0.578. The highest BCUT2D eigenvalue weighted by Crippen LogP contribution is 2.32. The van der Waals surface area contributed by atoms with Crippen molar-refractivity contribution < 1.29 is 14.3 Å². The van der Waals surface area contributed by atoms with Crippen LogP contribution in [0.1, 0.15) is 52.9 Å². The maximum atomic E-state index is 11.6. The van der Waals surface area contributed by atoms with E-state index in [9.17, 15) is 9.59 Å². The SMILES string of the molecule is CC(C)(C)OC(=O)C[C@H]1CC[C@H](C(=O)Cl)CC1. The number of esters is 1. The van der Waals surface area contributed by atoms with Gasteiger partial charge in [-0.15, -0.1) is 0 Å². The number of hydrogen-bond donors (Lipinski definition) is 0. The molecule has 1 fully saturated rings. The Morgan fingerprint density at radius 1 is 1.18 bits per heavy atom. The third kappa shape index (κ3) is 5.53. The van der Waals surface area contributed by atoms with Crippen LogP contribution in [0.3, 0.4) is 0 Å². The van der Waals surface area contributed by atoms with Crippen LogP contribution in [-0.4, -0.2) is 16.8 Å². The van der Waals surface area contributed by atoms with E-state index in [0.717, 1.165) is 25.7 Å². The van der Waals surface area contributed by atoms with E-state index >= 15 is 0 Å². The first-order valence-electron chi connectivity index (χ1n) is 6.19. The van der Waals surface area contributed by atoms with Gasteiger partial charge in [0.25, 0.3) is 0 Å². The van der Waals surface area contributed by atoms with Gasteiger partial charge in [0.15, 0.2) is 0 Å². The van der Waals surface area contributed by atoms with Gasteiger partial charge in [0.05, 0.1) is 0 Å². The number of carbonyl (C=O) groups is 2. The molecule has 1 rings (SSSR count). The van der Waals surface area contributed by atoms with Gasteiger partial charge in [-0.25, -0.2) is 0 Å². The lowest BCUT2D eigenvalue weighted by atomic mass is 9.81. The largest absolute Gasteiger partial charge is 0.460 e. The molecule has 0 N–H and O–H groups in total. The predicted molar refractivity (Wildman–Crippen MR) is 66.8 cm³/mol. The lowest BCUT2D eigenvalue weighted by molar-refractivity contribution is -0.156. The number of rotatable bonds is 3. The number of hydrogen-bond acceptors (Lipinski definition) is 3. The minimum absolute atomic E-state index is 0.00782. The standard InChI is InChI=1S/C13H21ClO3/c1-13(2,3)17-11(15)8-9-4-6-10(7-5-9)12(14)16/h9-10H,4-8H2,1-3H3/t9-,10-. The molecule has 1 aliphatic rings. The molecule has 0 saturated heterocycles. The van der Waals surface area contributed by atoms with E-state index in [1.165, 1.54) is 0 Å². The monoisotopic (exact) mass is 260 g/mol. The van der Waals surface area contributed by atoms with Crippen molar-refractivity contribution in [3.63, 3.8) is 0 Å². The highest BCUT2D eigenvalue weighted by Gasteiger charge is 2.27. The summed E-state index contributed by atoms with van der Waals surface area (Å²) in [4.78, 5) is 22.6. The van der Waals surface area contributed by atoms with Crippen molar-refractivity contribution in [2.45, 2.75) is 58.5 Å². The van der Waals surface area contributed by atoms with Gasteiger partial charge in [-0.1, -0.05) is 0 Å². The van der Waals surface area contributed by atoms with Gasteiger partial charge in [-0.3, -0.25) is 9.59 Å². The Labute approximate surface area is 108 Å². The molecule has 0 amide bonds. The first-order chi connectivity index (χ1) is 7.78. The van der Waals surface area contributed by atoms with Gasteiger partial charge in [-0.2, -0.15) is 0 Å². The summed E-state index contributed by atoms with van der Waals surface area (Å²) < 4.78 is 5.28. The topological polar surface area (TPSA) is 43.4 Å². The molecule has 4 heteroatoms. The minimum atomic E-state index is -0.416. The fourth-order valence-corrected chi connectivity index (χ4v) is 2.43. The third-order valence-electron chi connectivity index (χ3n) is 3.04. The van der Waals surface area contributed by atoms with E-state index in [0.29, 0.717) is 12.3 Å². The first-order valence-corrected chi connectivity index (χ1v) is 6.57. The van der Waals surface area contributed by atoms with Crippen LogP contribution in [0.5, 0.6) is 0 Å². The normalized spacial score (nSPS) is 25.4. The maximum absolute atomic E-state index is 11.6. The molecule has 17 heavy (non-hydrogen) atoms. The zero-order valence-electron chi connectivity index (χ0n) is 10.8. The van der Waals surface area contributed by atoms with Crippen LogP contribution in [0.4, 0.5) is 0 Å². The zero-order valence-corrected chi connectivity index (χ0v) is 11.5. The Kier molecular flexibility index (Phi) is 4.99. The molecule has 0 heterocycles. The van der Waals surface area contributed by atoms with E-state index in [1.54, 1.807) is 0 Å². The third-order valence-corrected chi connectivity index (χ3v) is 3.35. The van der Waals surface area contributed by atoms with Crippen molar-refractivity contribution in [1.29, 1.82) is 0 Å². The molecule has 1 aliphatic carbocycles. The van der Waals surface area contributed by atoms with Gasteiger partial charge < -0.3 is 4.74 Å². The van der Waals surface area contributed by atoms with Crippen LogP contribution in [0.25, 0.3) is 0 Å². The van der Waals surface area contributed by atoms with E-state index < -0.39 is 5.60 Å². The summed E-state index contributed by atoms with van der Waals surface area (Å²) in [6, 6.07) is 0. The second kappa shape index (κ2) is 5.85. The molecule has 0 aliphatic heterocycles. The van der Waals surface area contributed by atoms with Crippen molar-refractivity contribution in [2.24, 2.45) is 11.8 Å². The molecule has 0 aromatic heterocycles. The molecule has 98 valence electrons. The molecule has 1 saturated carbocycles. The van der Waals surface area contributed by atoms with Gasteiger partial charge in [0.2, 0.25) is 5.24 Å². The zero-order chi connectivity index (χ0) is 13.1. The second-order valence-corrected chi connectivity index (χ2v) is 6.18. The molecule has 0 atom stereocenters. The smallest absolute Gasteiger partial charge is 0.306 e. The van der Waals surface area contributed by atoms with Crippen molar-refractivity contribution >= 4 is 22.8 Å². The molecule has 0 spiro atoms. The molecule has 0 radical (unpaired) electrons. The van der Waals surface area contributed by atoms with Crippen molar-refractivity contribution in [3.8, 4) is 0 Å². The van der Waals surface area contributed by atoms with Gasteiger partial charge >= 0.3 is 5.97 Å². The Morgan fingerprint density at radius 2 is 1.71 bits per heavy atom. The summed E-state index contributed by atoms with van der Waals surface area (Å²) in [5.41, 5.74) is -0.416. The number of ether oxygens (including phenoxy) is 1. The fraction of sp³-hybridized carbons (Fsp3) is 0.846. The molecule has 0 aromatic rings. The summed E-state index contributed by atoms with van der Waals surface area (Å²) in [5.74, 6) is 0.196. The molecule has 0 bridgehead atoms. The molecular weight excluding hydrogens is 240 g/mol.